The van der Waals surface area contributed by atoms with Gasteiger partial charge in [0.15, 0.2) is 0 Å². The van der Waals surface area contributed by atoms with Crippen molar-refractivity contribution in [1.29, 1.82) is 0 Å². The third kappa shape index (κ3) is 1.83. The largest absolute Gasteiger partial charge is 0.392 e. The van der Waals surface area contributed by atoms with E-state index in [0.29, 0.717) is 23.7 Å². The van der Waals surface area contributed by atoms with E-state index in [9.17, 15) is 10.2 Å². The summed E-state index contributed by atoms with van der Waals surface area (Å²) in [5.41, 5.74) is 0. The zero-order valence-corrected chi connectivity index (χ0v) is 11.4. The van der Waals surface area contributed by atoms with Crippen LogP contribution in [0.2, 0.25) is 0 Å². The van der Waals surface area contributed by atoms with Crippen molar-refractivity contribution in [2.24, 2.45) is 34.6 Å². The van der Waals surface area contributed by atoms with E-state index in [4.69, 9.17) is 0 Å². The molecule has 3 heteroatoms. The van der Waals surface area contributed by atoms with Crippen molar-refractivity contribution in [3.63, 3.8) is 0 Å². The Hall–Kier alpha value is -0.410. The predicted octanol–water partition coefficient (Wildman–Crippen LogP) is 1.87. The van der Waals surface area contributed by atoms with Crippen LogP contribution in [0, 0.1) is 29.6 Å². The van der Waals surface area contributed by atoms with Gasteiger partial charge in [0.05, 0.1) is 18.2 Å². The monoisotopic (exact) mass is 251 g/mol. The smallest absolute Gasteiger partial charge is 0.0791 e. The fourth-order valence-corrected chi connectivity index (χ4v) is 4.40. The van der Waals surface area contributed by atoms with Crippen LogP contribution in [-0.2, 0) is 0 Å². The molecular weight excluding hydrogens is 226 g/mol. The summed E-state index contributed by atoms with van der Waals surface area (Å²) >= 11 is 0. The van der Waals surface area contributed by atoms with E-state index in [1.807, 2.05) is 6.21 Å². The number of hydrogen-bond acceptors (Lipinski definition) is 3. The van der Waals surface area contributed by atoms with E-state index in [1.54, 1.807) is 0 Å². The highest BCUT2D eigenvalue weighted by Gasteiger charge is 2.48. The minimum Gasteiger partial charge on any atom is -0.392 e. The lowest BCUT2D eigenvalue weighted by Gasteiger charge is -2.49. The van der Waals surface area contributed by atoms with Crippen molar-refractivity contribution in [2.45, 2.75) is 57.8 Å². The number of aliphatic hydroxyl groups excluding tert-OH is 2. The van der Waals surface area contributed by atoms with E-state index < -0.39 is 0 Å². The molecular formula is C15H25NO2. The fraction of sp³-hybridized carbons (Fsp3) is 0.933. The van der Waals surface area contributed by atoms with Gasteiger partial charge < -0.3 is 10.2 Å². The lowest BCUT2D eigenvalue weighted by Crippen LogP contribution is -2.53. The fourth-order valence-electron chi connectivity index (χ4n) is 4.40. The first kappa shape index (κ1) is 12.6. The lowest BCUT2D eigenvalue weighted by atomic mass is 9.60. The zero-order valence-electron chi connectivity index (χ0n) is 11.4. The summed E-state index contributed by atoms with van der Waals surface area (Å²) in [4.78, 5) is 4.62. The maximum absolute atomic E-state index is 10.3. The standard InChI is InChI=1S/C15H25NO2/c1-8-3-5-10-11-6-4-9(2)15(18)13(11)16-7-12(10)14(8)17/h7-15,17-18H,3-6H2,1-2H3. The van der Waals surface area contributed by atoms with Crippen LogP contribution in [0.1, 0.15) is 39.5 Å². The van der Waals surface area contributed by atoms with Gasteiger partial charge in [0.2, 0.25) is 0 Å². The Morgan fingerprint density at radius 1 is 0.889 bits per heavy atom. The molecule has 2 N–H and O–H groups in total. The molecule has 0 aromatic carbocycles. The molecule has 18 heavy (non-hydrogen) atoms. The van der Waals surface area contributed by atoms with Crippen LogP contribution >= 0.6 is 0 Å². The van der Waals surface area contributed by atoms with Crippen LogP contribution in [0.5, 0.6) is 0 Å². The molecule has 102 valence electrons. The third-order valence-corrected chi connectivity index (χ3v) is 5.73. The molecule has 1 heterocycles. The van der Waals surface area contributed by atoms with Crippen LogP contribution in [0.3, 0.4) is 0 Å². The second kappa shape index (κ2) is 4.61. The van der Waals surface area contributed by atoms with E-state index >= 15 is 0 Å². The van der Waals surface area contributed by atoms with Crippen molar-refractivity contribution in [2.75, 3.05) is 0 Å². The average Bonchev–Trinajstić information content (AvgIpc) is 2.38. The molecule has 3 nitrogen and oxygen atoms in total. The topological polar surface area (TPSA) is 52.8 Å². The Bertz CT molecular complexity index is 311. The van der Waals surface area contributed by atoms with Crippen molar-refractivity contribution in [3.8, 4) is 0 Å². The Kier molecular flexibility index (Phi) is 3.23. The van der Waals surface area contributed by atoms with Gasteiger partial charge in [-0.25, -0.2) is 0 Å². The highest BCUT2D eigenvalue weighted by Crippen LogP contribution is 2.47. The molecule has 2 saturated carbocycles. The molecule has 8 unspecified atom stereocenters. The molecule has 3 aliphatic rings. The SMILES string of the molecule is CC1CCC2C(C=NC3C(O)C(C)CCC23)C1O. The normalized spacial score (nSPS) is 55.8. The van der Waals surface area contributed by atoms with Gasteiger partial charge in [-0.2, -0.15) is 0 Å². The van der Waals surface area contributed by atoms with Crippen LogP contribution in [0.25, 0.3) is 0 Å². The van der Waals surface area contributed by atoms with Gasteiger partial charge in [0, 0.05) is 12.1 Å². The summed E-state index contributed by atoms with van der Waals surface area (Å²) in [6, 6.07) is 0.0932. The molecule has 0 bridgehead atoms. The lowest BCUT2D eigenvalue weighted by molar-refractivity contribution is -0.0435. The maximum atomic E-state index is 10.3. The van der Waals surface area contributed by atoms with Crippen LogP contribution < -0.4 is 0 Å². The van der Waals surface area contributed by atoms with Gasteiger partial charge in [-0.05, 0) is 49.4 Å². The molecule has 0 spiro atoms. The molecule has 1 aliphatic heterocycles. The maximum Gasteiger partial charge on any atom is 0.0791 e. The van der Waals surface area contributed by atoms with Crippen LogP contribution in [0.15, 0.2) is 4.99 Å². The predicted molar refractivity (Wildman–Crippen MR) is 71.6 cm³/mol. The summed E-state index contributed by atoms with van der Waals surface area (Å²) in [5, 5.41) is 20.6. The van der Waals surface area contributed by atoms with E-state index in [1.165, 1.54) is 12.8 Å². The third-order valence-electron chi connectivity index (χ3n) is 5.73. The molecule has 2 fully saturated rings. The van der Waals surface area contributed by atoms with Gasteiger partial charge in [0.25, 0.3) is 0 Å². The highest BCUT2D eigenvalue weighted by atomic mass is 16.3. The zero-order chi connectivity index (χ0) is 12.9. The van der Waals surface area contributed by atoms with Crippen molar-refractivity contribution in [1.82, 2.24) is 0 Å². The number of hydrogen-bond donors (Lipinski definition) is 2. The van der Waals surface area contributed by atoms with E-state index in [0.717, 1.165) is 12.8 Å². The molecule has 0 aromatic heterocycles. The average molecular weight is 251 g/mol. The number of aliphatic imine (C=N–C) groups is 1. The number of rotatable bonds is 0. The Morgan fingerprint density at radius 3 is 2.22 bits per heavy atom. The highest BCUT2D eigenvalue weighted by molar-refractivity contribution is 5.64. The van der Waals surface area contributed by atoms with Gasteiger partial charge in [-0.15, -0.1) is 0 Å². The van der Waals surface area contributed by atoms with E-state index in [-0.39, 0.29) is 24.2 Å². The van der Waals surface area contributed by atoms with Crippen molar-refractivity contribution >= 4 is 6.21 Å². The molecule has 0 amide bonds. The van der Waals surface area contributed by atoms with Crippen LogP contribution in [0.4, 0.5) is 0 Å². The molecule has 2 aliphatic carbocycles. The van der Waals surface area contributed by atoms with Crippen LogP contribution in [-0.4, -0.2) is 34.7 Å². The summed E-state index contributed by atoms with van der Waals surface area (Å²) < 4.78 is 0. The Labute approximate surface area is 109 Å². The quantitative estimate of drug-likeness (QED) is 0.690. The first-order valence-corrected chi connectivity index (χ1v) is 7.49. The Balaban J connectivity index is 1.85. The minimum atomic E-state index is -0.280. The second-order valence-electron chi connectivity index (χ2n) is 6.78. The van der Waals surface area contributed by atoms with Gasteiger partial charge >= 0.3 is 0 Å². The molecule has 0 radical (unpaired) electrons. The first-order chi connectivity index (χ1) is 8.59. The molecule has 8 atom stereocenters. The van der Waals surface area contributed by atoms with E-state index in [2.05, 4.69) is 18.8 Å². The summed E-state index contributed by atoms with van der Waals surface area (Å²) in [5.74, 6) is 2.03. The summed E-state index contributed by atoms with van der Waals surface area (Å²) in [7, 11) is 0. The number of nitrogens with zero attached hydrogens (tertiary/aromatic N) is 1. The summed E-state index contributed by atoms with van der Waals surface area (Å²) in [6.45, 7) is 4.26. The van der Waals surface area contributed by atoms with Crippen molar-refractivity contribution < 1.29 is 10.2 Å². The molecule has 0 saturated heterocycles. The minimum absolute atomic E-state index is 0.0932. The molecule has 3 rings (SSSR count). The number of aliphatic hydroxyl groups is 2. The van der Waals surface area contributed by atoms with Gasteiger partial charge in [-0.1, -0.05) is 13.8 Å². The molecule has 0 aromatic rings. The first-order valence-electron chi connectivity index (χ1n) is 7.49. The van der Waals surface area contributed by atoms with Gasteiger partial charge in [0.1, 0.15) is 0 Å². The van der Waals surface area contributed by atoms with Crippen molar-refractivity contribution in [3.05, 3.63) is 0 Å². The summed E-state index contributed by atoms with van der Waals surface area (Å²) in [6.07, 6.45) is 6.03. The Morgan fingerprint density at radius 2 is 1.50 bits per heavy atom. The van der Waals surface area contributed by atoms with Gasteiger partial charge in [-0.3, -0.25) is 4.99 Å². The second-order valence-corrected chi connectivity index (χ2v) is 6.78. The number of fused-ring (bicyclic) bond motifs is 3.